The maximum atomic E-state index is 12.3. The number of esters is 2. The van der Waals surface area contributed by atoms with Crippen molar-refractivity contribution in [2.75, 3.05) is 19.0 Å². The Hall–Kier alpha value is -0.930. The fourth-order valence-corrected chi connectivity index (χ4v) is 3.80. The summed E-state index contributed by atoms with van der Waals surface area (Å²) in [7, 11) is -4.48. The minimum absolute atomic E-state index is 0. The molecule has 0 unspecified atom stereocenters. The first-order valence-corrected chi connectivity index (χ1v) is 13.8. The molecule has 0 aliphatic rings. The molecule has 0 saturated heterocycles. The summed E-state index contributed by atoms with van der Waals surface area (Å²) < 4.78 is 41.9. The second kappa shape index (κ2) is 20.3. The van der Waals surface area contributed by atoms with Gasteiger partial charge in [-0.1, -0.05) is 96.1 Å². The van der Waals surface area contributed by atoms with Crippen molar-refractivity contribution < 1.29 is 61.6 Å². The van der Waals surface area contributed by atoms with Crippen molar-refractivity contribution in [1.82, 2.24) is 0 Å². The Labute approximate surface area is 227 Å². The first kappa shape index (κ1) is 33.1. The van der Waals surface area contributed by atoms with Gasteiger partial charge < -0.3 is 14.0 Å². The van der Waals surface area contributed by atoms with Gasteiger partial charge in [0.1, 0.15) is 6.61 Å². The van der Waals surface area contributed by atoms with Crippen LogP contribution in [0, 0.1) is 0 Å². The van der Waals surface area contributed by atoms with E-state index in [1.807, 2.05) is 0 Å². The normalized spacial score (nSPS) is 11.0. The quantitative estimate of drug-likeness (QED) is 0.123. The van der Waals surface area contributed by atoms with Crippen LogP contribution in [0.3, 0.4) is 0 Å². The van der Waals surface area contributed by atoms with E-state index in [1.165, 1.54) is 76.3 Å². The van der Waals surface area contributed by atoms with Crippen LogP contribution in [0.15, 0.2) is 24.3 Å². The zero-order valence-corrected chi connectivity index (χ0v) is 23.7. The van der Waals surface area contributed by atoms with E-state index in [1.54, 1.807) is 12.1 Å². The van der Waals surface area contributed by atoms with E-state index in [2.05, 4.69) is 6.92 Å². The number of hydrogen-bond acceptors (Lipinski definition) is 7. The summed E-state index contributed by atoms with van der Waals surface area (Å²) in [6.45, 7) is 1.95. The largest absolute Gasteiger partial charge is 1.00 e. The second-order valence-corrected chi connectivity index (χ2v) is 9.85. The summed E-state index contributed by atoms with van der Waals surface area (Å²) in [5.41, 5.74) is 0.0401. The fraction of sp³-hybridized carbons (Fsp3) is 0.680. The van der Waals surface area contributed by atoms with Crippen LogP contribution in [0.4, 0.5) is 0 Å². The molecule has 7 nitrogen and oxygen atoms in total. The van der Waals surface area contributed by atoms with E-state index >= 15 is 0 Å². The van der Waals surface area contributed by atoms with Crippen LogP contribution in [0.5, 0.6) is 0 Å². The minimum atomic E-state index is -4.48. The zero-order valence-electron chi connectivity index (χ0n) is 20.9. The van der Waals surface area contributed by atoms with Gasteiger partial charge in [0.25, 0.3) is 0 Å². The van der Waals surface area contributed by atoms with Crippen LogP contribution >= 0.6 is 0 Å². The molecule has 34 heavy (non-hydrogen) atoms. The van der Waals surface area contributed by atoms with E-state index in [9.17, 15) is 22.6 Å². The van der Waals surface area contributed by atoms with Gasteiger partial charge in [0.05, 0.1) is 33.6 Å². The van der Waals surface area contributed by atoms with E-state index in [0.29, 0.717) is 0 Å². The molecule has 0 fully saturated rings. The average molecular weight is 507 g/mol. The summed E-state index contributed by atoms with van der Waals surface area (Å²) in [6.07, 6.45) is 16.0. The number of benzene rings is 1. The Kier molecular flexibility index (Phi) is 19.7. The van der Waals surface area contributed by atoms with E-state index in [0.717, 1.165) is 19.3 Å². The standard InChI is InChI=1S/C25H40O7S.Na/c1-2-3-4-5-6-7-8-9-10-11-12-13-16-19-31-24(26)22-17-14-15-18-23(22)25(27)32-20-21-33(28,29)30;/h14-15,17-18H,2-13,16,19-21H2,1H3,(H,28,29,30);/q;+1/p-1. The van der Waals surface area contributed by atoms with Crippen molar-refractivity contribution in [3.05, 3.63) is 35.4 Å². The van der Waals surface area contributed by atoms with Gasteiger partial charge in [0.15, 0.2) is 0 Å². The smallest absolute Gasteiger partial charge is 0.748 e. The van der Waals surface area contributed by atoms with Gasteiger partial charge in [-0.05, 0) is 18.6 Å². The number of rotatable bonds is 19. The van der Waals surface area contributed by atoms with Gasteiger partial charge in [0, 0.05) is 0 Å². The Morgan fingerprint density at radius 2 is 1.09 bits per heavy atom. The molecular weight excluding hydrogens is 467 g/mol. The molecule has 0 saturated carbocycles. The molecule has 0 aromatic heterocycles. The topological polar surface area (TPSA) is 110 Å². The van der Waals surface area contributed by atoms with Gasteiger partial charge in [-0.15, -0.1) is 0 Å². The van der Waals surface area contributed by atoms with Crippen LogP contribution in [0.2, 0.25) is 0 Å². The fourth-order valence-electron chi connectivity index (χ4n) is 3.52. The van der Waals surface area contributed by atoms with Crippen molar-refractivity contribution in [3.8, 4) is 0 Å². The van der Waals surface area contributed by atoms with Crippen LogP contribution in [-0.2, 0) is 19.6 Å². The Morgan fingerprint density at radius 3 is 1.50 bits per heavy atom. The molecule has 0 spiro atoms. The van der Waals surface area contributed by atoms with Crippen molar-refractivity contribution in [2.45, 2.75) is 90.4 Å². The van der Waals surface area contributed by atoms with Crippen LogP contribution in [-0.4, -0.2) is 43.9 Å². The molecule has 0 amide bonds. The molecule has 1 aromatic carbocycles. The van der Waals surface area contributed by atoms with Gasteiger partial charge in [-0.2, -0.15) is 0 Å². The Bertz CT molecular complexity index is 796. The average Bonchev–Trinajstić information content (AvgIpc) is 2.78. The maximum absolute atomic E-state index is 12.3. The van der Waals surface area contributed by atoms with Crippen LogP contribution in [0.1, 0.15) is 111 Å². The van der Waals surface area contributed by atoms with E-state index in [-0.39, 0.29) is 47.3 Å². The SMILES string of the molecule is CCCCCCCCCCCCCCCOC(=O)c1ccccc1C(=O)OCCS(=O)(=O)[O-].[Na+]. The molecule has 0 atom stereocenters. The number of hydrogen-bond donors (Lipinski definition) is 0. The summed E-state index contributed by atoms with van der Waals surface area (Å²) in [5, 5.41) is 0. The summed E-state index contributed by atoms with van der Waals surface area (Å²) in [5.74, 6) is -2.31. The number of ether oxygens (including phenoxy) is 2. The molecule has 188 valence electrons. The molecule has 9 heteroatoms. The third kappa shape index (κ3) is 16.7. The van der Waals surface area contributed by atoms with Gasteiger partial charge in [-0.3, -0.25) is 0 Å². The molecule has 0 bridgehead atoms. The summed E-state index contributed by atoms with van der Waals surface area (Å²) >= 11 is 0. The van der Waals surface area contributed by atoms with Crippen molar-refractivity contribution in [3.63, 3.8) is 0 Å². The maximum Gasteiger partial charge on any atom is 1.00 e. The molecule has 1 rings (SSSR count). The molecular formula is C25H39NaO7S. The van der Waals surface area contributed by atoms with Crippen LogP contribution < -0.4 is 29.6 Å². The summed E-state index contributed by atoms with van der Waals surface area (Å²) in [4.78, 5) is 24.5. The molecule has 0 heterocycles. The van der Waals surface area contributed by atoms with Crippen LogP contribution in [0.25, 0.3) is 0 Å². The van der Waals surface area contributed by atoms with Crippen molar-refractivity contribution in [1.29, 1.82) is 0 Å². The zero-order chi connectivity index (χ0) is 24.4. The second-order valence-electron chi connectivity index (χ2n) is 8.32. The predicted molar refractivity (Wildman–Crippen MR) is 127 cm³/mol. The molecule has 0 radical (unpaired) electrons. The Balaban J connectivity index is 0.0000109. The first-order chi connectivity index (χ1) is 15.8. The predicted octanol–water partition coefficient (Wildman–Crippen LogP) is 2.64. The third-order valence-electron chi connectivity index (χ3n) is 5.41. The number of unbranched alkanes of at least 4 members (excludes halogenated alkanes) is 12. The monoisotopic (exact) mass is 506 g/mol. The third-order valence-corrected chi connectivity index (χ3v) is 6.08. The van der Waals surface area contributed by atoms with E-state index in [4.69, 9.17) is 9.47 Å². The van der Waals surface area contributed by atoms with Gasteiger partial charge >= 0.3 is 41.5 Å². The first-order valence-electron chi connectivity index (χ1n) is 12.2. The summed E-state index contributed by atoms with van der Waals surface area (Å²) in [6, 6.07) is 6.01. The number of carbonyl (C=O) groups excluding carboxylic acids is 2. The molecule has 0 aliphatic heterocycles. The molecule has 0 aliphatic carbocycles. The van der Waals surface area contributed by atoms with E-state index < -0.39 is 34.4 Å². The van der Waals surface area contributed by atoms with Gasteiger partial charge in [-0.25, -0.2) is 18.0 Å². The van der Waals surface area contributed by atoms with Crippen molar-refractivity contribution >= 4 is 22.1 Å². The minimum Gasteiger partial charge on any atom is -0.748 e. The van der Waals surface area contributed by atoms with Gasteiger partial charge in [0.2, 0.25) is 0 Å². The van der Waals surface area contributed by atoms with Crippen molar-refractivity contribution in [2.24, 2.45) is 0 Å². The molecule has 1 aromatic rings. The molecule has 0 N–H and O–H groups in total. The number of carbonyl (C=O) groups is 2. The Morgan fingerprint density at radius 1 is 0.706 bits per heavy atom.